The molecule has 4 rings (SSSR count). The van der Waals surface area contributed by atoms with Crippen molar-refractivity contribution in [1.82, 2.24) is 4.98 Å². The molecule has 0 amide bonds. The normalized spacial score (nSPS) is 10.9. The standard InChI is InChI=1S/C20H15ClN2S/c21-20-23-13-19(24-20)12-22-18-9-7-15(8-10-18)17-6-5-14-3-1-2-4-16(14)11-17/h1-11,13,22H,12H2. The van der Waals surface area contributed by atoms with Crippen LogP contribution in [0.3, 0.4) is 0 Å². The predicted octanol–water partition coefficient (Wildman–Crippen LogP) is 6.23. The van der Waals surface area contributed by atoms with Crippen LogP contribution in [0.15, 0.2) is 72.9 Å². The van der Waals surface area contributed by atoms with Gasteiger partial charge in [0, 0.05) is 16.8 Å². The van der Waals surface area contributed by atoms with Crippen LogP contribution in [0.4, 0.5) is 5.69 Å². The van der Waals surface area contributed by atoms with Crippen LogP contribution in [0.25, 0.3) is 21.9 Å². The summed E-state index contributed by atoms with van der Waals surface area (Å²) >= 11 is 7.35. The SMILES string of the molecule is Clc1ncc(CNc2ccc(-c3ccc4ccccc4c3)cc2)s1. The third kappa shape index (κ3) is 3.28. The predicted molar refractivity (Wildman–Crippen MR) is 104 cm³/mol. The molecule has 4 heteroatoms. The van der Waals surface area contributed by atoms with Gasteiger partial charge in [0.15, 0.2) is 4.47 Å². The molecule has 0 radical (unpaired) electrons. The van der Waals surface area contributed by atoms with Crippen molar-refractivity contribution in [2.45, 2.75) is 6.54 Å². The van der Waals surface area contributed by atoms with Gasteiger partial charge in [0.25, 0.3) is 0 Å². The van der Waals surface area contributed by atoms with E-state index in [1.807, 2.05) is 6.20 Å². The summed E-state index contributed by atoms with van der Waals surface area (Å²) in [5.74, 6) is 0. The van der Waals surface area contributed by atoms with Crippen LogP contribution in [0.2, 0.25) is 4.47 Å². The Balaban J connectivity index is 1.51. The lowest BCUT2D eigenvalue weighted by Crippen LogP contribution is -1.96. The number of anilines is 1. The number of nitrogens with zero attached hydrogens (tertiary/aromatic N) is 1. The van der Waals surface area contributed by atoms with Crippen molar-refractivity contribution in [3.63, 3.8) is 0 Å². The second-order valence-electron chi connectivity index (χ2n) is 5.57. The highest BCUT2D eigenvalue weighted by atomic mass is 35.5. The minimum absolute atomic E-state index is 0.582. The highest BCUT2D eigenvalue weighted by molar-refractivity contribution is 7.15. The fourth-order valence-electron chi connectivity index (χ4n) is 2.70. The molecule has 1 heterocycles. The van der Waals surface area contributed by atoms with Gasteiger partial charge in [-0.2, -0.15) is 0 Å². The number of aromatic nitrogens is 1. The van der Waals surface area contributed by atoms with E-state index < -0.39 is 0 Å². The zero-order chi connectivity index (χ0) is 16.4. The number of thiazole rings is 1. The van der Waals surface area contributed by atoms with Gasteiger partial charge in [-0.15, -0.1) is 11.3 Å². The first-order valence-electron chi connectivity index (χ1n) is 7.71. The van der Waals surface area contributed by atoms with Gasteiger partial charge in [-0.1, -0.05) is 60.1 Å². The maximum absolute atomic E-state index is 5.85. The second kappa shape index (κ2) is 6.63. The zero-order valence-corrected chi connectivity index (χ0v) is 14.4. The molecule has 0 bridgehead atoms. The minimum Gasteiger partial charge on any atom is -0.380 e. The molecule has 0 saturated heterocycles. The summed E-state index contributed by atoms with van der Waals surface area (Å²) in [7, 11) is 0. The lowest BCUT2D eigenvalue weighted by Gasteiger charge is -2.07. The van der Waals surface area contributed by atoms with E-state index in [1.165, 1.54) is 33.2 Å². The Bertz CT molecular complexity index is 976. The van der Waals surface area contributed by atoms with Gasteiger partial charge in [0.2, 0.25) is 0 Å². The van der Waals surface area contributed by atoms with Crippen LogP contribution in [-0.4, -0.2) is 4.98 Å². The number of nitrogens with one attached hydrogen (secondary N) is 1. The van der Waals surface area contributed by atoms with Gasteiger partial charge >= 0.3 is 0 Å². The van der Waals surface area contributed by atoms with Crippen LogP contribution < -0.4 is 5.32 Å². The van der Waals surface area contributed by atoms with Crippen molar-refractivity contribution >= 4 is 39.4 Å². The van der Waals surface area contributed by atoms with Crippen LogP contribution in [-0.2, 0) is 6.54 Å². The van der Waals surface area contributed by atoms with E-state index in [9.17, 15) is 0 Å². The Kier molecular flexibility index (Phi) is 4.20. The van der Waals surface area contributed by atoms with Crippen molar-refractivity contribution in [2.24, 2.45) is 0 Å². The average Bonchev–Trinajstić information content (AvgIpc) is 3.05. The number of rotatable bonds is 4. The van der Waals surface area contributed by atoms with Crippen LogP contribution in [0, 0.1) is 0 Å². The summed E-state index contributed by atoms with van der Waals surface area (Å²) < 4.78 is 0.582. The molecule has 4 aromatic rings. The Morgan fingerprint density at radius 3 is 2.38 bits per heavy atom. The number of halogens is 1. The third-order valence-corrected chi connectivity index (χ3v) is 5.07. The third-order valence-electron chi connectivity index (χ3n) is 3.96. The van der Waals surface area contributed by atoms with E-state index >= 15 is 0 Å². The smallest absolute Gasteiger partial charge is 0.183 e. The molecule has 0 aliphatic rings. The molecular weight excluding hydrogens is 336 g/mol. The summed E-state index contributed by atoms with van der Waals surface area (Å²) in [6, 6.07) is 23.5. The molecule has 0 atom stereocenters. The molecule has 0 unspecified atom stereocenters. The van der Waals surface area contributed by atoms with Gasteiger partial charge in [-0.05, 0) is 40.1 Å². The molecule has 24 heavy (non-hydrogen) atoms. The first-order valence-corrected chi connectivity index (χ1v) is 8.91. The van der Waals surface area contributed by atoms with E-state index in [4.69, 9.17) is 11.6 Å². The van der Waals surface area contributed by atoms with E-state index in [0.29, 0.717) is 4.47 Å². The summed E-state index contributed by atoms with van der Waals surface area (Å²) in [5.41, 5.74) is 3.53. The van der Waals surface area contributed by atoms with Gasteiger partial charge in [-0.3, -0.25) is 0 Å². The summed E-state index contributed by atoms with van der Waals surface area (Å²) in [4.78, 5) is 5.18. The van der Waals surface area contributed by atoms with E-state index in [0.717, 1.165) is 17.1 Å². The van der Waals surface area contributed by atoms with Crippen molar-refractivity contribution in [1.29, 1.82) is 0 Å². The van der Waals surface area contributed by atoms with Gasteiger partial charge in [0.05, 0.1) is 6.54 Å². The molecule has 0 aliphatic carbocycles. The first kappa shape index (κ1) is 15.2. The van der Waals surface area contributed by atoms with E-state index in [1.54, 1.807) is 0 Å². The van der Waals surface area contributed by atoms with Crippen LogP contribution in [0.5, 0.6) is 0 Å². The van der Waals surface area contributed by atoms with Gasteiger partial charge < -0.3 is 5.32 Å². The number of benzene rings is 3. The molecule has 118 valence electrons. The van der Waals surface area contributed by atoms with Crippen molar-refractivity contribution in [3.05, 3.63) is 82.3 Å². The van der Waals surface area contributed by atoms with Gasteiger partial charge in [0.1, 0.15) is 0 Å². The topological polar surface area (TPSA) is 24.9 Å². The molecule has 2 nitrogen and oxygen atoms in total. The molecule has 0 fully saturated rings. The van der Waals surface area contributed by atoms with Crippen LogP contribution >= 0.6 is 22.9 Å². The Labute approximate surface area is 149 Å². The lowest BCUT2D eigenvalue weighted by molar-refractivity contribution is 1.17. The molecule has 1 aromatic heterocycles. The first-order chi connectivity index (χ1) is 11.8. The zero-order valence-electron chi connectivity index (χ0n) is 12.9. The van der Waals surface area contributed by atoms with Crippen molar-refractivity contribution in [3.8, 4) is 11.1 Å². The average molecular weight is 351 g/mol. The van der Waals surface area contributed by atoms with Crippen molar-refractivity contribution < 1.29 is 0 Å². The monoisotopic (exact) mass is 350 g/mol. The maximum Gasteiger partial charge on any atom is 0.183 e. The number of hydrogen-bond donors (Lipinski definition) is 1. The quantitative estimate of drug-likeness (QED) is 0.472. The van der Waals surface area contributed by atoms with E-state index in [2.05, 4.69) is 77.0 Å². The summed E-state index contributed by atoms with van der Waals surface area (Å²) in [5, 5.41) is 5.92. The number of hydrogen-bond acceptors (Lipinski definition) is 3. The second-order valence-corrected chi connectivity index (χ2v) is 7.27. The van der Waals surface area contributed by atoms with Crippen LogP contribution in [0.1, 0.15) is 4.88 Å². The number of fused-ring (bicyclic) bond motifs is 1. The largest absolute Gasteiger partial charge is 0.380 e. The van der Waals surface area contributed by atoms with Gasteiger partial charge in [-0.25, -0.2) is 4.98 Å². The minimum atomic E-state index is 0.582. The molecule has 0 spiro atoms. The molecular formula is C20H15ClN2S. The lowest BCUT2D eigenvalue weighted by atomic mass is 10.0. The summed E-state index contributed by atoms with van der Waals surface area (Å²) in [6.45, 7) is 0.736. The highest BCUT2D eigenvalue weighted by Gasteiger charge is 2.02. The maximum atomic E-state index is 5.85. The Morgan fingerprint density at radius 1 is 0.875 bits per heavy atom. The molecule has 0 saturated carbocycles. The summed E-state index contributed by atoms with van der Waals surface area (Å²) in [6.07, 6.45) is 1.81. The van der Waals surface area contributed by atoms with E-state index in [-0.39, 0.29) is 0 Å². The fraction of sp³-hybridized carbons (Fsp3) is 0.0500. The molecule has 3 aromatic carbocycles. The Hall–Kier alpha value is -2.36. The Morgan fingerprint density at radius 2 is 1.62 bits per heavy atom. The van der Waals surface area contributed by atoms with Crippen molar-refractivity contribution in [2.75, 3.05) is 5.32 Å². The molecule has 0 aliphatic heterocycles. The highest BCUT2D eigenvalue weighted by Crippen LogP contribution is 2.26. The fourth-order valence-corrected chi connectivity index (χ4v) is 3.62. The molecule has 1 N–H and O–H groups in total.